The van der Waals surface area contributed by atoms with Crippen LogP contribution in [0.2, 0.25) is 0 Å². The average molecular weight is 702 g/mol. The number of para-hydroxylation sites is 2. The Bertz CT molecular complexity index is 2200. The summed E-state index contributed by atoms with van der Waals surface area (Å²) in [6.45, 7) is 0. The van der Waals surface area contributed by atoms with Gasteiger partial charge >= 0.3 is 0 Å². The molecular weight excluding hydrogens is 668 g/mol. The van der Waals surface area contributed by atoms with Gasteiger partial charge in [-0.15, -0.1) is 0 Å². The molecule has 2 aliphatic heterocycles. The topological polar surface area (TPSA) is 83.1 Å². The summed E-state index contributed by atoms with van der Waals surface area (Å²) in [7, 11) is 0. The molecule has 0 amide bonds. The Morgan fingerprint density at radius 1 is 0.429 bits per heavy atom. The number of rotatable bonds is 0. The van der Waals surface area contributed by atoms with Crippen molar-refractivity contribution in [3.63, 3.8) is 0 Å². The fourth-order valence-corrected chi connectivity index (χ4v) is 5.93. The predicted octanol–water partition coefficient (Wildman–Crippen LogP) is 8.09. The molecule has 0 spiro atoms. The summed E-state index contributed by atoms with van der Waals surface area (Å²) in [6.07, 6.45) is 12.6. The van der Waals surface area contributed by atoms with Crippen molar-refractivity contribution in [1.29, 1.82) is 0 Å². The Morgan fingerprint density at radius 3 is 1.16 bits per heavy atom. The second-order valence-electron chi connectivity index (χ2n) is 11.4. The Labute approximate surface area is 299 Å². The third-order valence-corrected chi connectivity index (χ3v) is 8.12. The standard InChI is InChI=1S/C20H14N4.C13H10.C8H6N2.Cu.H4Si/c1-2-14-10-16-5-6-18(23-16)12-20-8-7-19(24-20)11-17-4-3-15(22-17)9-13(1)21-14;1-3-7-12-10(5-1)9-11-6-2-4-8-13(11)12;1-2-4-8-7(3-1)9-5-6-10-8;;/h1-12,21,24H;1-8H,9H2;1-6H;;1H4. The van der Waals surface area contributed by atoms with Gasteiger partial charge in [-0.1, -0.05) is 60.7 Å². The SMILES string of the molecule is C1=Cc2cc3ccc(cc4nc(cc5ccc(cc1n2)[nH]5)C=C4)[nH]3.[Cu].[SiH4].c1ccc2c(c1)Cc1ccccc1-2.c1ccc2nccnc2c1. The Hall–Kier alpha value is -5.66. The zero-order valence-corrected chi connectivity index (χ0v) is 26.8. The number of hydrogen-bond acceptors (Lipinski definition) is 4. The van der Waals surface area contributed by atoms with Gasteiger partial charge in [-0.05, 0) is 125 Å². The van der Waals surface area contributed by atoms with Gasteiger partial charge in [0.15, 0.2) is 0 Å². The molecule has 0 saturated carbocycles. The van der Waals surface area contributed by atoms with E-state index in [4.69, 9.17) is 0 Å². The van der Waals surface area contributed by atoms with Gasteiger partial charge in [0, 0.05) is 51.5 Å². The van der Waals surface area contributed by atoms with E-state index in [1.807, 2.05) is 72.8 Å². The van der Waals surface area contributed by atoms with E-state index >= 15 is 0 Å². The first kappa shape index (κ1) is 33.2. The summed E-state index contributed by atoms with van der Waals surface area (Å²) < 4.78 is 0. The van der Waals surface area contributed by atoms with Crippen LogP contribution in [0.4, 0.5) is 0 Å². The van der Waals surface area contributed by atoms with E-state index < -0.39 is 0 Å². The second kappa shape index (κ2) is 15.0. The van der Waals surface area contributed by atoms with E-state index in [1.165, 1.54) is 22.3 Å². The van der Waals surface area contributed by atoms with Gasteiger partial charge in [-0.25, -0.2) is 9.97 Å². The van der Waals surface area contributed by atoms with Crippen molar-refractivity contribution in [1.82, 2.24) is 29.9 Å². The van der Waals surface area contributed by atoms with Crippen LogP contribution in [0.15, 0.2) is 134 Å². The predicted molar refractivity (Wildman–Crippen MR) is 204 cm³/mol. The molecule has 0 atom stereocenters. The average Bonchev–Trinajstić information content (AvgIpc) is 3.95. The molecule has 3 aromatic carbocycles. The summed E-state index contributed by atoms with van der Waals surface area (Å²) in [4.78, 5) is 24.3. The molecule has 3 aliphatic rings. The molecule has 0 fully saturated rings. The summed E-state index contributed by atoms with van der Waals surface area (Å²) in [5.41, 5.74) is 15.5. The number of aromatic nitrogens is 6. The van der Waals surface area contributed by atoms with E-state index in [0.29, 0.717) is 0 Å². The quantitative estimate of drug-likeness (QED) is 0.157. The van der Waals surface area contributed by atoms with E-state index in [0.717, 1.165) is 62.3 Å². The molecule has 2 N–H and O–H groups in total. The zero-order valence-electron chi connectivity index (χ0n) is 25.8. The summed E-state index contributed by atoms with van der Waals surface area (Å²) in [6, 6.07) is 41.5. The van der Waals surface area contributed by atoms with Crippen molar-refractivity contribution in [3.8, 4) is 11.1 Å². The van der Waals surface area contributed by atoms with Crippen molar-refractivity contribution in [3.05, 3.63) is 168 Å². The minimum absolute atomic E-state index is 0. The van der Waals surface area contributed by atoms with Gasteiger partial charge in [-0.2, -0.15) is 0 Å². The van der Waals surface area contributed by atoms with Crippen molar-refractivity contribution in [2.45, 2.75) is 6.42 Å². The maximum Gasteiger partial charge on any atom is 0.0886 e. The van der Waals surface area contributed by atoms with Crippen LogP contribution in [0.25, 0.3) is 68.5 Å². The minimum atomic E-state index is 0. The molecule has 243 valence electrons. The number of nitrogens with zero attached hydrogens (tertiary/aromatic N) is 4. The van der Waals surface area contributed by atoms with E-state index in [1.54, 1.807) is 12.4 Å². The minimum Gasteiger partial charge on any atom is -0.355 e. The van der Waals surface area contributed by atoms with E-state index in [-0.39, 0.29) is 28.0 Å². The monoisotopic (exact) mass is 701 g/mol. The van der Waals surface area contributed by atoms with Gasteiger partial charge in [0.1, 0.15) is 0 Å². The number of H-pyrrole nitrogens is 2. The van der Waals surface area contributed by atoms with Crippen LogP contribution in [-0.4, -0.2) is 40.9 Å². The number of hydrogen-bond donors (Lipinski definition) is 2. The van der Waals surface area contributed by atoms with Crippen molar-refractivity contribution in [2.24, 2.45) is 0 Å². The largest absolute Gasteiger partial charge is 0.355 e. The molecular formula is C41H34CuN6Si. The molecule has 49 heavy (non-hydrogen) atoms. The summed E-state index contributed by atoms with van der Waals surface area (Å²) in [5.74, 6) is 0. The van der Waals surface area contributed by atoms with Crippen LogP contribution in [0.5, 0.6) is 0 Å². The maximum atomic E-state index is 4.63. The third-order valence-electron chi connectivity index (χ3n) is 8.12. The molecule has 7 aromatic rings. The van der Waals surface area contributed by atoms with Crippen LogP contribution in [-0.2, 0) is 23.5 Å². The number of benzene rings is 3. The maximum absolute atomic E-state index is 4.63. The fraction of sp³-hybridized carbons (Fsp3) is 0.0244. The normalized spacial score (nSPS) is 11.5. The Morgan fingerprint density at radius 2 is 0.776 bits per heavy atom. The van der Waals surface area contributed by atoms with Crippen LogP contribution < -0.4 is 0 Å². The van der Waals surface area contributed by atoms with Crippen LogP contribution in [0, 0.1) is 0 Å². The van der Waals surface area contributed by atoms with E-state index in [9.17, 15) is 0 Å². The van der Waals surface area contributed by atoms with Crippen LogP contribution in [0.1, 0.15) is 33.9 Å². The van der Waals surface area contributed by atoms with Gasteiger partial charge in [0.25, 0.3) is 0 Å². The molecule has 1 aliphatic carbocycles. The fourth-order valence-electron chi connectivity index (χ4n) is 5.93. The Kier molecular flexibility index (Phi) is 10.2. The van der Waals surface area contributed by atoms with Crippen LogP contribution in [0.3, 0.4) is 0 Å². The Balaban J connectivity index is 0.000000140. The zero-order chi connectivity index (χ0) is 31.4. The molecule has 0 saturated heterocycles. The molecule has 0 unspecified atom stereocenters. The molecule has 1 radical (unpaired) electrons. The first-order valence-corrected chi connectivity index (χ1v) is 15.6. The van der Waals surface area contributed by atoms with Crippen LogP contribution >= 0.6 is 0 Å². The van der Waals surface area contributed by atoms with Crippen molar-refractivity contribution in [2.75, 3.05) is 0 Å². The molecule has 6 heterocycles. The van der Waals surface area contributed by atoms with Crippen molar-refractivity contribution >= 4 is 68.4 Å². The molecule has 4 aromatic heterocycles. The van der Waals surface area contributed by atoms with Gasteiger partial charge in [0.2, 0.25) is 0 Å². The molecule has 10 rings (SSSR count). The molecule has 8 heteroatoms. The van der Waals surface area contributed by atoms with Gasteiger partial charge < -0.3 is 9.97 Å². The first-order valence-electron chi connectivity index (χ1n) is 15.6. The molecule has 6 nitrogen and oxygen atoms in total. The number of nitrogens with one attached hydrogen (secondary N) is 2. The first-order chi connectivity index (χ1) is 23.2. The summed E-state index contributed by atoms with van der Waals surface area (Å²) in [5, 5.41) is 0. The second-order valence-corrected chi connectivity index (χ2v) is 11.4. The third kappa shape index (κ3) is 7.74. The number of aromatic amines is 2. The van der Waals surface area contributed by atoms with Crippen molar-refractivity contribution < 1.29 is 17.1 Å². The van der Waals surface area contributed by atoms with E-state index in [2.05, 4.69) is 103 Å². The number of fused-ring (bicyclic) bond motifs is 12. The summed E-state index contributed by atoms with van der Waals surface area (Å²) >= 11 is 0. The van der Waals surface area contributed by atoms with Gasteiger partial charge in [0.05, 0.1) is 33.8 Å². The smallest absolute Gasteiger partial charge is 0.0886 e. The van der Waals surface area contributed by atoms with Gasteiger partial charge in [-0.3, -0.25) is 9.97 Å². The molecule has 8 bridgehead atoms.